The van der Waals surface area contributed by atoms with Gasteiger partial charge in [0.05, 0.1) is 0 Å². The topological polar surface area (TPSA) is 20.3 Å². The molecular weight excluding hydrogens is 174 g/mol. The van der Waals surface area contributed by atoms with Crippen LogP contribution in [0, 0.1) is 13.8 Å². The Morgan fingerprint density at radius 3 is 2.64 bits per heavy atom. The van der Waals surface area contributed by atoms with Crippen LogP contribution in [0.25, 0.3) is 0 Å². The molecule has 0 saturated carbocycles. The van der Waals surface area contributed by atoms with Crippen molar-refractivity contribution in [2.75, 3.05) is 11.9 Å². The zero-order valence-electron chi connectivity index (χ0n) is 8.92. The van der Waals surface area contributed by atoms with Crippen molar-refractivity contribution in [2.24, 2.45) is 0 Å². The highest BCUT2D eigenvalue weighted by molar-refractivity contribution is 5.96. The van der Waals surface area contributed by atoms with Crippen molar-refractivity contribution in [3.05, 3.63) is 28.8 Å². The summed E-state index contributed by atoms with van der Waals surface area (Å²) in [5.74, 6) is 0.228. The number of benzene rings is 1. The Kier molecular flexibility index (Phi) is 2.06. The number of carbonyl (C=O) groups excluding carboxylic acids is 1. The van der Waals surface area contributed by atoms with Crippen LogP contribution in [0.3, 0.4) is 0 Å². The first-order valence-corrected chi connectivity index (χ1v) is 4.97. The summed E-state index contributed by atoms with van der Waals surface area (Å²) < 4.78 is 0. The maximum atomic E-state index is 11.5. The summed E-state index contributed by atoms with van der Waals surface area (Å²) in [4.78, 5) is 13.3. The molecule has 14 heavy (non-hydrogen) atoms. The fraction of sp³-hybridized carbons (Fsp3) is 0.417. The lowest BCUT2D eigenvalue weighted by Gasteiger charge is -2.28. The van der Waals surface area contributed by atoms with Crippen LogP contribution in [-0.2, 0) is 11.2 Å². The number of aryl methyl sites for hydroxylation is 2. The monoisotopic (exact) mass is 189 g/mol. The molecule has 2 rings (SSSR count). The Morgan fingerprint density at radius 2 is 1.93 bits per heavy atom. The standard InChI is InChI=1S/C12H15NO/c1-8-4-5-10-6-7-11(14)13(3)12(10)9(8)2/h4-5H,6-7H2,1-3H3. The van der Waals surface area contributed by atoms with Gasteiger partial charge in [-0.05, 0) is 37.0 Å². The van der Waals surface area contributed by atoms with Gasteiger partial charge < -0.3 is 4.90 Å². The zero-order chi connectivity index (χ0) is 10.3. The molecule has 0 unspecified atom stereocenters. The van der Waals surface area contributed by atoms with Crippen molar-refractivity contribution in [3.8, 4) is 0 Å². The van der Waals surface area contributed by atoms with E-state index in [-0.39, 0.29) is 5.91 Å². The number of hydrogen-bond acceptors (Lipinski definition) is 1. The smallest absolute Gasteiger partial charge is 0.227 e. The summed E-state index contributed by atoms with van der Waals surface area (Å²) in [5.41, 5.74) is 4.92. The highest BCUT2D eigenvalue weighted by Crippen LogP contribution is 2.31. The summed E-state index contributed by atoms with van der Waals surface area (Å²) in [7, 11) is 1.87. The van der Waals surface area contributed by atoms with Crippen LogP contribution < -0.4 is 4.90 Å². The summed E-state index contributed by atoms with van der Waals surface area (Å²) in [6.07, 6.45) is 1.53. The molecule has 0 atom stereocenters. The van der Waals surface area contributed by atoms with Gasteiger partial charge >= 0.3 is 0 Å². The SMILES string of the molecule is Cc1ccc2c(c1C)N(C)C(=O)CC2. The lowest BCUT2D eigenvalue weighted by Crippen LogP contribution is -2.31. The minimum atomic E-state index is 0.228. The van der Waals surface area contributed by atoms with Crippen molar-refractivity contribution in [1.82, 2.24) is 0 Å². The molecule has 0 radical (unpaired) electrons. The predicted molar refractivity (Wildman–Crippen MR) is 57.6 cm³/mol. The number of carbonyl (C=O) groups is 1. The lowest BCUT2D eigenvalue weighted by molar-refractivity contribution is -0.118. The van der Waals surface area contributed by atoms with E-state index in [9.17, 15) is 4.79 Å². The maximum absolute atomic E-state index is 11.5. The van der Waals surface area contributed by atoms with Gasteiger partial charge in [0.1, 0.15) is 0 Å². The first-order valence-electron chi connectivity index (χ1n) is 4.97. The molecular formula is C12H15NO. The largest absolute Gasteiger partial charge is 0.315 e. The number of amides is 1. The van der Waals surface area contributed by atoms with Gasteiger partial charge in [0.25, 0.3) is 0 Å². The molecule has 1 aromatic rings. The third-order valence-electron chi connectivity index (χ3n) is 3.10. The summed E-state index contributed by atoms with van der Waals surface area (Å²) in [6.45, 7) is 4.17. The fourth-order valence-corrected chi connectivity index (χ4v) is 2.06. The molecule has 1 aliphatic rings. The van der Waals surface area contributed by atoms with E-state index in [4.69, 9.17) is 0 Å². The maximum Gasteiger partial charge on any atom is 0.227 e. The molecule has 1 aliphatic heterocycles. The van der Waals surface area contributed by atoms with Crippen LogP contribution in [0.2, 0.25) is 0 Å². The Morgan fingerprint density at radius 1 is 1.21 bits per heavy atom. The third kappa shape index (κ3) is 1.22. The third-order valence-corrected chi connectivity index (χ3v) is 3.10. The summed E-state index contributed by atoms with van der Waals surface area (Å²) in [5, 5.41) is 0. The van der Waals surface area contributed by atoms with Crippen molar-refractivity contribution in [3.63, 3.8) is 0 Å². The minimum absolute atomic E-state index is 0.228. The average molecular weight is 189 g/mol. The second-order valence-electron chi connectivity index (χ2n) is 3.97. The lowest BCUT2D eigenvalue weighted by atomic mass is 9.95. The number of anilines is 1. The second-order valence-corrected chi connectivity index (χ2v) is 3.97. The second kappa shape index (κ2) is 3.12. The molecule has 1 heterocycles. The molecule has 0 aromatic heterocycles. The number of hydrogen-bond donors (Lipinski definition) is 0. The van der Waals surface area contributed by atoms with Crippen molar-refractivity contribution >= 4 is 11.6 Å². The van der Waals surface area contributed by atoms with Gasteiger partial charge in [-0.3, -0.25) is 4.79 Å². The Hall–Kier alpha value is -1.31. The highest BCUT2D eigenvalue weighted by Gasteiger charge is 2.22. The van der Waals surface area contributed by atoms with Crippen LogP contribution in [0.5, 0.6) is 0 Å². The number of nitrogens with zero attached hydrogens (tertiary/aromatic N) is 1. The number of fused-ring (bicyclic) bond motifs is 1. The number of rotatable bonds is 0. The molecule has 0 spiro atoms. The molecule has 0 aliphatic carbocycles. The van der Waals surface area contributed by atoms with Gasteiger partial charge in [0, 0.05) is 19.2 Å². The highest BCUT2D eigenvalue weighted by atomic mass is 16.2. The molecule has 74 valence electrons. The van der Waals surface area contributed by atoms with Crippen molar-refractivity contribution < 1.29 is 4.79 Å². The van der Waals surface area contributed by atoms with Crippen molar-refractivity contribution in [2.45, 2.75) is 26.7 Å². The van der Waals surface area contributed by atoms with E-state index in [1.807, 2.05) is 7.05 Å². The fourth-order valence-electron chi connectivity index (χ4n) is 2.06. The van der Waals surface area contributed by atoms with Crippen LogP contribution in [0.4, 0.5) is 5.69 Å². The zero-order valence-corrected chi connectivity index (χ0v) is 8.92. The van der Waals surface area contributed by atoms with Gasteiger partial charge in [0.15, 0.2) is 0 Å². The van der Waals surface area contributed by atoms with Crippen LogP contribution in [-0.4, -0.2) is 13.0 Å². The molecule has 2 nitrogen and oxygen atoms in total. The van der Waals surface area contributed by atoms with Gasteiger partial charge in [-0.1, -0.05) is 12.1 Å². The van der Waals surface area contributed by atoms with E-state index < -0.39 is 0 Å². The average Bonchev–Trinajstić information content (AvgIpc) is 2.17. The van der Waals surface area contributed by atoms with Crippen LogP contribution in [0.15, 0.2) is 12.1 Å². The molecule has 0 fully saturated rings. The van der Waals surface area contributed by atoms with E-state index in [0.717, 1.165) is 12.1 Å². The van der Waals surface area contributed by atoms with Gasteiger partial charge in [-0.2, -0.15) is 0 Å². The van der Waals surface area contributed by atoms with Gasteiger partial charge in [-0.15, -0.1) is 0 Å². The van der Waals surface area contributed by atoms with E-state index >= 15 is 0 Å². The van der Waals surface area contributed by atoms with Crippen LogP contribution >= 0.6 is 0 Å². The van der Waals surface area contributed by atoms with E-state index in [2.05, 4.69) is 26.0 Å². The molecule has 0 saturated heterocycles. The normalized spacial score (nSPS) is 15.6. The quantitative estimate of drug-likeness (QED) is 0.612. The first-order chi connectivity index (χ1) is 6.61. The minimum Gasteiger partial charge on any atom is -0.315 e. The Balaban J connectivity index is 2.62. The van der Waals surface area contributed by atoms with E-state index in [1.165, 1.54) is 16.7 Å². The summed E-state index contributed by atoms with van der Waals surface area (Å²) in [6, 6.07) is 4.28. The summed E-state index contributed by atoms with van der Waals surface area (Å²) >= 11 is 0. The van der Waals surface area contributed by atoms with Gasteiger partial charge in [-0.25, -0.2) is 0 Å². The van der Waals surface area contributed by atoms with Gasteiger partial charge in [0.2, 0.25) is 5.91 Å². The van der Waals surface area contributed by atoms with Crippen LogP contribution in [0.1, 0.15) is 23.1 Å². The van der Waals surface area contributed by atoms with E-state index in [0.29, 0.717) is 6.42 Å². The predicted octanol–water partition coefficient (Wildman–Crippen LogP) is 2.21. The first kappa shape index (κ1) is 9.25. The molecule has 0 N–H and O–H groups in total. The molecule has 1 amide bonds. The Bertz CT molecular complexity index is 396. The Labute approximate surface area is 84.5 Å². The van der Waals surface area contributed by atoms with Crippen molar-refractivity contribution in [1.29, 1.82) is 0 Å². The van der Waals surface area contributed by atoms with E-state index in [1.54, 1.807) is 4.90 Å². The molecule has 2 heteroatoms. The molecule has 0 bridgehead atoms. The molecule has 1 aromatic carbocycles.